The molecule has 1 aromatic rings. The largest absolute Gasteiger partial charge is 0.494 e. The van der Waals surface area contributed by atoms with E-state index in [4.69, 9.17) is 4.74 Å². The summed E-state index contributed by atoms with van der Waals surface area (Å²) in [5.41, 5.74) is 0.708. The Kier molecular flexibility index (Phi) is 6.44. The molecule has 1 fully saturated rings. The predicted octanol–water partition coefficient (Wildman–Crippen LogP) is 2.89. The Morgan fingerprint density at radius 1 is 1.17 bits per heavy atom. The van der Waals surface area contributed by atoms with E-state index in [9.17, 15) is 9.59 Å². The summed E-state index contributed by atoms with van der Waals surface area (Å²) in [6.07, 6.45) is 5.66. The monoisotopic (exact) mass is 318 g/mol. The molecule has 0 spiro atoms. The van der Waals surface area contributed by atoms with Crippen LogP contribution in [0, 0.1) is 0 Å². The van der Waals surface area contributed by atoms with Gasteiger partial charge in [0.05, 0.1) is 6.61 Å². The van der Waals surface area contributed by atoms with Crippen LogP contribution in [0.25, 0.3) is 0 Å². The summed E-state index contributed by atoms with van der Waals surface area (Å²) >= 11 is 0. The smallest absolute Gasteiger partial charge is 0.240 e. The fourth-order valence-electron chi connectivity index (χ4n) is 2.94. The first kappa shape index (κ1) is 17.3. The maximum absolute atomic E-state index is 12.2. The molecular weight excluding hydrogens is 292 g/mol. The molecule has 5 heteroatoms. The average Bonchev–Trinajstić information content (AvgIpc) is 2.54. The number of carbonyl (C=O) groups is 2. The molecule has 0 radical (unpaired) electrons. The SMILES string of the molecule is CCOc1ccc(N(CC(=O)NC2CCCCC2)C(C)=O)cc1. The number of anilines is 1. The van der Waals surface area contributed by atoms with E-state index in [0.717, 1.165) is 18.6 Å². The van der Waals surface area contributed by atoms with Crippen LogP contribution >= 0.6 is 0 Å². The van der Waals surface area contributed by atoms with E-state index in [2.05, 4.69) is 5.32 Å². The predicted molar refractivity (Wildman–Crippen MR) is 90.7 cm³/mol. The van der Waals surface area contributed by atoms with Crippen molar-refractivity contribution in [2.24, 2.45) is 0 Å². The van der Waals surface area contributed by atoms with Crippen LogP contribution in [0.1, 0.15) is 46.0 Å². The summed E-state index contributed by atoms with van der Waals surface area (Å²) < 4.78 is 5.40. The molecule has 126 valence electrons. The second kappa shape index (κ2) is 8.56. The number of carbonyl (C=O) groups excluding carboxylic acids is 2. The fraction of sp³-hybridized carbons (Fsp3) is 0.556. The van der Waals surface area contributed by atoms with E-state index in [0.29, 0.717) is 12.3 Å². The van der Waals surface area contributed by atoms with Crippen LogP contribution in [0.4, 0.5) is 5.69 Å². The maximum Gasteiger partial charge on any atom is 0.240 e. The minimum absolute atomic E-state index is 0.0554. The average molecular weight is 318 g/mol. The molecule has 0 bridgehead atoms. The highest BCUT2D eigenvalue weighted by Gasteiger charge is 2.19. The molecule has 23 heavy (non-hydrogen) atoms. The van der Waals surface area contributed by atoms with Crippen molar-refractivity contribution in [2.45, 2.75) is 52.0 Å². The van der Waals surface area contributed by atoms with Crippen LogP contribution in [0.15, 0.2) is 24.3 Å². The van der Waals surface area contributed by atoms with Gasteiger partial charge in [-0.05, 0) is 44.0 Å². The van der Waals surface area contributed by atoms with Crippen molar-refractivity contribution in [3.8, 4) is 5.75 Å². The third kappa shape index (κ3) is 5.27. The van der Waals surface area contributed by atoms with Crippen LogP contribution in [-0.4, -0.2) is 31.0 Å². The van der Waals surface area contributed by atoms with Crippen molar-refractivity contribution in [1.29, 1.82) is 0 Å². The first-order valence-electron chi connectivity index (χ1n) is 8.40. The Balaban J connectivity index is 1.97. The van der Waals surface area contributed by atoms with Crippen LogP contribution < -0.4 is 15.0 Å². The van der Waals surface area contributed by atoms with Crippen molar-refractivity contribution >= 4 is 17.5 Å². The Bertz CT molecular complexity index is 522. The first-order valence-corrected chi connectivity index (χ1v) is 8.40. The second-order valence-corrected chi connectivity index (χ2v) is 5.93. The van der Waals surface area contributed by atoms with Gasteiger partial charge in [0.1, 0.15) is 12.3 Å². The standard InChI is InChI=1S/C18H26N2O3/c1-3-23-17-11-9-16(10-12-17)20(14(2)21)13-18(22)19-15-7-5-4-6-8-15/h9-12,15H,3-8,13H2,1-2H3,(H,19,22). The van der Waals surface area contributed by atoms with Gasteiger partial charge in [-0.2, -0.15) is 0 Å². The summed E-state index contributed by atoms with van der Waals surface area (Å²) in [4.78, 5) is 25.6. The number of nitrogens with zero attached hydrogens (tertiary/aromatic N) is 1. The van der Waals surface area contributed by atoms with Crippen molar-refractivity contribution in [2.75, 3.05) is 18.1 Å². The van der Waals surface area contributed by atoms with Crippen molar-refractivity contribution in [1.82, 2.24) is 5.32 Å². The van der Waals surface area contributed by atoms with E-state index < -0.39 is 0 Å². The summed E-state index contributed by atoms with van der Waals surface area (Å²) in [6.45, 7) is 4.05. The summed E-state index contributed by atoms with van der Waals surface area (Å²) in [5.74, 6) is 0.514. The van der Waals surface area contributed by atoms with E-state index >= 15 is 0 Å². The fourth-order valence-corrected chi connectivity index (χ4v) is 2.94. The first-order chi connectivity index (χ1) is 11.1. The highest BCUT2D eigenvalue weighted by molar-refractivity contribution is 5.97. The molecule has 1 aliphatic rings. The molecule has 1 saturated carbocycles. The lowest BCUT2D eigenvalue weighted by molar-refractivity contribution is -0.123. The normalized spacial score (nSPS) is 15.0. The maximum atomic E-state index is 12.2. The van der Waals surface area contributed by atoms with E-state index in [1.54, 1.807) is 12.1 Å². The summed E-state index contributed by atoms with van der Waals surface area (Å²) in [7, 11) is 0. The number of hydrogen-bond acceptors (Lipinski definition) is 3. The van der Waals surface area contributed by atoms with E-state index in [1.807, 2.05) is 19.1 Å². The number of rotatable bonds is 6. The minimum Gasteiger partial charge on any atom is -0.494 e. The van der Waals surface area contributed by atoms with E-state index in [1.165, 1.54) is 31.1 Å². The van der Waals surface area contributed by atoms with Crippen LogP contribution in [0.5, 0.6) is 5.75 Å². The Hall–Kier alpha value is -2.04. The molecule has 5 nitrogen and oxygen atoms in total. The molecule has 2 rings (SSSR count). The van der Waals surface area contributed by atoms with Crippen LogP contribution in [-0.2, 0) is 9.59 Å². The minimum atomic E-state index is -0.145. The number of hydrogen-bond donors (Lipinski definition) is 1. The zero-order valence-corrected chi connectivity index (χ0v) is 14.0. The number of benzene rings is 1. The molecular formula is C18H26N2O3. The van der Waals surface area contributed by atoms with Gasteiger partial charge in [0, 0.05) is 18.7 Å². The lowest BCUT2D eigenvalue weighted by Crippen LogP contribution is -2.44. The van der Waals surface area contributed by atoms with Gasteiger partial charge in [0.15, 0.2) is 0 Å². The molecule has 0 atom stereocenters. The summed E-state index contributed by atoms with van der Waals surface area (Å²) in [6, 6.07) is 7.49. The molecule has 0 heterocycles. The van der Waals surface area contributed by atoms with Crippen molar-refractivity contribution < 1.29 is 14.3 Å². The Morgan fingerprint density at radius 2 is 1.83 bits per heavy atom. The summed E-state index contributed by atoms with van der Waals surface area (Å²) in [5, 5.41) is 3.05. The van der Waals surface area contributed by atoms with Gasteiger partial charge < -0.3 is 15.0 Å². The molecule has 0 aliphatic heterocycles. The lowest BCUT2D eigenvalue weighted by atomic mass is 9.95. The third-order valence-corrected chi connectivity index (χ3v) is 4.11. The van der Waals surface area contributed by atoms with Crippen LogP contribution in [0.3, 0.4) is 0 Å². The zero-order valence-electron chi connectivity index (χ0n) is 14.0. The lowest BCUT2D eigenvalue weighted by Gasteiger charge is -2.25. The van der Waals surface area contributed by atoms with Crippen LogP contribution in [0.2, 0.25) is 0 Å². The molecule has 0 saturated heterocycles. The molecule has 0 aromatic heterocycles. The van der Waals surface area contributed by atoms with E-state index in [-0.39, 0.29) is 24.4 Å². The van der Waals surface area contributed by atoms with Crippen molar-refractivity contribution in [3.63, 3.8) is 0 Å². The Morgan fingerprint density at radius 3 is 2.39 bits per heavy atom. The quantitative estimate of drug-likeness (QED) is 0.877. The highest BCUT2D eigenvalue weighted by atomic mass is 16.5. The topological polar surface area (TPSA) is 58.6 Å². The number of amides is 2. The van der Waals surface area contributed by atoms with Gasteiger partial charge in [0.25, 0.3) is 0 Å². The highest BCUT2D eigenvalue weighted by Crippen LogP contribution is 2.20. The number of ether oxygens (including phenoxy) is 1. The Labute approximate surface area is 138 Å². The molecule has 0 unspecified atom stereocenters. The third-order valence-electron chi connectivity index (χ3n) is 4.11. The van der Waals surface area contributed by atoms with Gasteiger partial charge in [0.2, 0.25) is 11.8 Å². The van der Waals surface area contributed by atoms with Gasteiger partial charge in [-0.15, -0.1) is 0 Å². The molecule has 1 N–H and O–H groups in total. The molecule has 1 aromatic carbocycles. The van der Waals surface area contributed by atoms with Crippen molar-refractivity contribution in [3.05, 3.63) is 24.3 Å². The van der Waals surface area contributed by atoms with Gasteiger partial charge in [-0.1, -0.05) is 19.3 Å². The zero-order chi connectivity index (χ0) is 16.7. The second-order valence-electron chi connectivity index (χ2n) is 5.93. The molecule has 1 aliphatic carbocycles. The number of nitrogens with one attached hydrogen (secondary N) is 1. The van der Waals surface area contributed by atoms with Gasteiger partial charge in [-0.25, -0.2) is 0 Å². The van der Waals surface area contributed by atoms with Gasteiger partial charge >= 0.3 is 0 Å². The van der Waals surface area contributed by atoms with Gasteiger partial charge in [-0.3, -0.25) is 9.59 Å². The molecule has 2 amide bonds.